The Bertz CT molecular complexity index is 1340. The van der Waals surface area contributed by atoms with E-state index < -0.39 is 23.2 Å². The fourth-order valence-electron chi connectivity index (χ4n) is 4.04. The zero-order chi connectivity index (χ0) is 24.4. The molecular formula is C25H27N5O4. The van der Waals surface area contributed by atoms with Crippen LogP contribution in [-0.2, 0) is 11.3 Å². The highest BCUT2D eigenvalue weighted by molar-refractivity contribution is 6.04. The minimum absolute atomic E-state index is 0.0790. The van der Waals surface area contributed by atoms with Crippen molar-refractivity contribution >= 4 is 17.3 Å². The second-order valence-electron chi connectivity index (χ2n) is 8.37. The number of aromatic amines is 1. The van der Waals surface area contributed by atoms with E-state index in [9.17, 15) is 19.5 Å². The average molecular weight is 462 g/mol. The van der Waals surface area contributed by atoms with Crippen LogP contribution in [0.2, 0.25) is 0 Å². The Balaban J connectivity index is 1.75. The van der Waals surface area contributed by atoms with Crippen LogP contribution in [0.25, 0.3) is 0 Å². The van der Waals surface area contributed by atoms with Gasteiger partial charge >= 0.3 is 5.69 Å². The summed E-state index contributed by atoms with van der Waals surface area (Å²) in [6.07, 6.45) is 0.464. The summed E-state index contributed by atoms with van der Waals surface area (Å²) in [4.78, 5) is 42.1. The van der Waals surface area contributed by atoms with Gasteiger partial charge in [-0.3, -0.25) is 19.1 Å². The maximum atomic E-state index is 12.7. The quantitative estimate of drug-likeness (QED) is 0.586. The number of hydrogen-bond acceptors (Lipinski definition) is 6. The first kappa shape index (κ1) is 23.0. The van der Waals surface area contributed by atoms with E-state index in [1.807, 2.05) is 73.6 Å². The van der Waals surface area contributed by atoms with Crippen LogP contribution >= 0.6 is 0 Å². The number of carbonyl (C=O) groups is 1. The predicted octanol–water partition coefficient (Wildman–Crippen LogP) is 2.44. The first-order valence-corrected chi connectivity index (χ1v) is 11.1. The number of benzene rings is 2. The molecule has 0 fully saturated rings. The number of aromatic nitrogens is 2. The van der Waals surface area contributed by atoms with Crippen LogP contribution in [0.1, 0.15) is 42.5 Å². The molecule has 3 aromatic rings. The van der Waals surface area contributed by atoms with Crippen molar-refractivity contribution in [3.63, 3.8) is 0 Å². The molecule has 1 aliphatic rings. The Hall–Kier alpha value is -4.14. The number of rotatable bonds is 6. The van der Waals surface area contributed by atoms with Gasteiger partial charge in [0.15, 0.2) is 0 Å². The first-order chi connectivity index (χ1) is 16.3. The third kappa shape index (κ3) is 4.36. The fourth-order valence-corrected chi connectivity index (χ4v) is 4.04. The van der Waals surface area contributed by atoms with E-state index in [1.54, 1.807) is 6.92 Å². The Morgan fingerprint density at radius 2 is 1.79 bits per heavy atom. The molecule has 9 heteroatoms. The number of carbonyl (C=O) groups excluding carboxylic acids is 1. The van der Waals surface area contributed by atoms with Crippen molar-refractivity contribution < 1.29 is 9.90 Å². The van der Waals surface area contributed by atoms with Crippen molar-refractivity contribution in [2.45, 2.75) is 32.4 Å². The first-order valence-electron chi connectivity index (χ1n) is 11.1. The van der Waals surface area contributed by atoms with Gasteiger partial charge in [0, 0.05) is 32.6 Å². The number of hydrogen-bond donors (Lipinski definition) is 2. The van der Waals surface area contributed by atoms with E-state index >= 15 is 0 Å². The molecular weight excluding hydrogens is 434 g/mol. The lowest BCUT2D eigenvalue weighted by atomic mass is 9.98. The molecule has 0 radical (unpaired) electrons. The Morgan fingerprint density at radius 3 is 2.41 bits per heavy atom. The molecule has 176 valence electrons. The van der Waals surface area contributed by atoms with Crippen LogP contribution in [0.3, 0.4) is 0 Å². The van der Waals surface area contributed by atoms with Crippen molar-refractivity contribution in [2.24, 2.45) is 5.10 Å². The maximum Gasteiger partial charge on any atom is 0.331 e. The normalized spacial score (nSPS) is 15.3. The number of amides is 1. The molecule has 1 amide bonds. The summed E-state index contributed by atoms with van der Waals surface area (Å²) in [5.41, 5.74) is 1.36. The third-order valence-electron chi connectivity index (χ3n) is 5.91. The summed E-state index contributed by atoms with van der Waals surface area (Å²) >= 11 is 0. The van der Waals surface area contributed by atoms with Gasteiger partial charge in [-0.15, -0.1) is 0 Å². The Labute approximate surface area is 196 Å². The molecule has 0 bridgehead atoms. The van der Waals surface area contributed by atoms with Crippen LogP contribution < -0.4 is 16.1 Å². The third-order valence-corrected chi connectivity index (χ3v) is 5.91. The van der Waals surface area contributed by atoms with E-state index in [-0.39, 0.29) is 36.6 Å². The molecule has 0 spiro atoms. The Morgan fingerprint density at radius 1 is 1.12 bits per heavy atom. The number of H-pyrrole nitrogens is 1. The van der Waals surface area contributed by atoms with Gasteiger partial charge in [0.1, 0.15) is 5.56 Å². The lowest BCUT2D eigenvalue weighted by molar-refractivity contribution is -0.132. The predicted molar refractivity (Wildman–Crippen MR) is 130 cm³/mol. The molecule has 2 aromatic carbocycles. The summed E-state index contributed by atoms with van der Waals surface area (Å²) in [5.74, 6) is -0.672. The van der Waals surface area contributed by atoms with Crippen molar-refractivity contribution in [3.8, 4) is 5.88 Å². The second kappa shape index (κ2) is 9.38. The lowest BCUT2D eigenvalue weighted by Crippen LogP contribution is -2.34. The standard InChI is InChI=1S/C25H27N5O4/c1-4-21(31)30-20(17-10-12-18(13-11-17)28(2)3)14-19(27-30)22-23(32)26-25(34)29(24(22)33)15-16-8-6-5-7-9-16/h5-13,20,33H,4,14-15H2,1-3H3,(H,26,32,34). The molecule has 1 atom stereocenters. The highest BCUT2D eigenvalue weighted by Crippen LogP contribution is 2.34. The van der Waals surface area contributed by atoms with E-state index in [2.05, 4.69) is 10.1 Å². The van der Waals surface area contributed by atoms with E-state index in [1.165, 1.54) is 5.01 Å². The van der Waals surface area contributed by atoms with Crippen molar-refractivity contribution in [3.05, 3.63) is 92.1 Å². The molecule has 2 heterocycles. The topological polar surface area (TPSA) is 111 Å². The van der Waals surface area contributed by atoms with E-state index in [0.717, 1.165) is 21.4 Å². The highest BCUT2D eigenvalue weighted by Gasteiger charge is 2.35. The highest BCUT2D eigenvalue weighted by atomic mass is 16.3. The van der Waals surface area contributed by atoms with Gasteiger partial charge in [0.25, 0.3) is 5.56 Å². The van der Waals surface area contributed by atoms with Crippen LogP contribution in [0.5, 0.6) is 5.88 Å². The average Bonchev–Trinajstić information content (AvgIpc) is 3.26. The largest absolute Gasteiger partial charge is 0.494 e. The molecule has 1 unspecified atom stereocenters. The summed E-state index contributed by atoms with van der Waals surface area (Å²) in [6.45, 7) is 1.82. The molecule has 9 nitrogen and oxygen atoms in total. The SMILES string of the molecule is CCC(=O)N1N=C(c2c(O)n(Cc3ccccc3)c(=O)[nH]c2=O)CC1c1ccc(N(C)C)cc1. The lowest BCUT2D eigenvalue weighted by Gasteiger charge is -2.22. The molecule has 1 aliphatic heterocycles. The van der Waals surface area contributed by atoms with Gasteiger partial charge < -0.3 is 10.0 Å². The van der Waals surface area contributed by atoms with Crippen LogP contribution in [0, 0.1) is 0 Å². The maximum absolute atomic E-state index is 12.7. The summed E-state index contributed by atoms with van der Waals surface area (Å²) in [6, 6.07) is 16.5. The van der Waals surface area contributed by atoms with E-state index in [0.29, 0.717) is 0 Å². The molecule has 34 heavy (non-hydrogen) atoms. The van der Waals surface area contributed by atoms with Gasteiger partial charge in [-0.1, -0.05) is 49.4 Å². The van der Waals surface area contributed by atoms with Gasteiger partial charge in [0.05, 0.1) is 18.3 Å². The van der Waals surface area contributed by atoms with Crippen LogP contribution in [0.15, 0.2) is 69.3 Å². The smallest absolute Gasteiger partial charge is 0.331 e. The molecule has 0 saturated heterocycles. The van der Waals surface area contributed by atoms with Gasteiger partial charge in [0.2, 0.25) is 11.8 Å². The number of nitrogens with zero attached hydrogens (tertiary/aromatic N) is 4. The van der Waals surface area contributed by atoms with Gasteiger partial charge in [-0.05, 0) is 23.3 Å². The van der Waals surface area contributed by atoms with E-state index in [4.69, 9.17) is 0 Å². The van der Waals surface area contributed by atoms with Crippen LogP contribution in [0.4, 0.5) is 5.69 Å². The summed E-state index contributed by atoms with van der Waals surface area (Å²) in [7, 11) is 3.89. The minimum Gasteiger partial charge on any atom is -0.494 e. The minimum atomic E-state index is -0.738. The van der Waals surface area contributed by atoms with Crippen molar-refractivity contribution in [2.75, 3.05) is 19.0 Å². The van der Waals surface area contributed by atoms with Crippen molar-refractivity contribution in [1.29, 1.82) is 0 Å². The monoisotopic (exact) mass is 461 g/mol. The number of hydrazone groups is 1. The summed E-state index contributed by atoms with van der Waals surface area (Å²) < 4.78 is 1.10. The van der Waals surface area contributed by atoms with Gasteiger partial charge in [-0.25, -0.2) is 9.80 Å². The number of aromatic hydroxyl groups is 1. The molecule has 0 aliphatic carbocycles. The molecule has 0 saturated carbocycles. The zero-order valence-electron chi connectivity index (χ0n) is 19.4. The fraction of sp³-hybridized carbons (Fsp3) is 0.280. The number of anilines is 1. The molecule has 2 N–H and O–H groups in total. The number of nitrogens with one attached hydrogen (secondary N) is 1. The second-order valence-corrected chi connectivity index (χ2v) is 8.37. The molecule has 1 aromatic heterocycles. The van der Waals surface area contributed by atoms with Crippen LogP contribution in [-0.4, -0.2) is 45.4 Å². The van der Waals surface area contributed by atoms with Crippen molar-refractivity contribution in [1.82, 2.24) is 14.6 Å². The Kier molecular flexibility index (Phi) is 6.36. The zero-order valence-corrected chi connectivity index (χ0v) is 19.4. The summed E-state index contributed by atoms with van der Waals surface area (Å²) in [5, 5.41) is 16.8. The molecule has 4 rings (SSSR count). The van der Waals surface area contributed by atoms with Gasteiger partial charge in [-0.2, -0.15) is 5.10 Å².